The molecule has 1 amide bonds. The second kappa shape index (κ2) is 5.97. The topological polar surface area (TPSA) is 66.9 Å². The van der Waals surface area contributed by atoms with Gasteiger partial charge in [-0.05, 0) is 11.1 Å². The van der Waals surface area contributed by atoms with Crippen LogP contribution in [0.4, 0.5) is 5.69 Å². The molecule has 3 rings (SSSR count). The van der Waals surface area contributed by atoms with Gasteiger partial charge in [-0.1, -0.05) is 47.5 Å². The van der Waals surface area contributed by atoms with Crippen LogP contribution in [0.25, 0.3) is 0 Å². The van der Waals surface area contributed by atoms with E-state index in [0.29, 0.717) is 6.54 Å². The predicted molar refractivity (Wildman–Crippen MR) is 81.6 cm³/mol. The Morgan fingerprint density at radius 2 is 1.95 bits per heavy atom. The summed E-state index contributed by atoms with van der Waals surface area (Å²) in [7, 11) is 0. The van der Waals surface area contributed by atoms with Crippen molar-refractivity contribution in [3.05, 3.63) is 52.0 Å². The van der Waals surface area contributed by atoms with Crippen LogP contribution in [0.2, 0.25) is 10.3 Å². The van der Waals surface area contributed by atoms with E-state index in [4.69, 9.17) is 23.2 Å². The molecule has 108 valence electrons. The van der Waals surface area contributed by atoms with Gasteiger partial charge >= 0.3 is 0 Å². The summed E-state index contributed by atoms with van der Waals surface area (Å²) in [5.41, 5.74) is 2.37. The molecule has 7 heteroatoms. The van der Waals surface area contributed by atoms with E-state index in [-0.39, 0.29) is 27.8 Å². The fraction of sp³-hybridized carbons (Fsp3) is 0.214. The lowest BCUT2D eigenvalue weighted by Crippen LogP contribution is -2.35. The Morgan fingerprint density at radius 1 is 1.24 bits per heavy atom. The normalized spacial score (nSPS) is 17.1. The molecule has 2 heterocycles. The molecule has 0 fully saturated rings. The van der Waals surface area contributed by atoms with E-state index in [0.717, 1.165) is 17.7 Å². The minimum atomic E-state index is -0.303. The van der Waals surface area contributed by atoms with Gasteiger partial charge in [-0.15, -0.1) is 0 Å². The molecule has 1 atom stereocenters. The Kier molecular flexibility index (Phi) is 4.05. The average Bonchev–Trinajstić information content (AvgIpc) is 2.50. The third kappa shape index (κ3) is 2.85. The molecule has 1 aromatic carbocycles. The Morgan fingerprint density at radius 3 is 2.71 bits per heavy atom. The van der Waals surface area contributed by atoms with Crippen molar-refractivity contribution in [1.29, 1.82) is 0 Å². The molecule has 1 unspecified atom stereocenters. The van der Waals surface area contributed by atoms with Gasteiger partial charge in [-0.25, -0.2) is 9.97 Å². The van der Waals surface area contributed by atoms with E-state index in [2.05, 4.69) is 20.6 Å². The summed E-state index contributed by atoms with van der Waals surface area (Å²) < 4.78 is 0. The third-order valence-corrected chi connectivity index (χ3v) is 3.99. The first-order chi connectivity index (χ1) is 10.2. The maximum atomic E-state index is 12.5. The van der Waals surface area contributed by atoms with Crippen molar-refractivity contribution < 1.29 is 4.79 Å². The maximum absolute atomic E-state index is 12.5. The van der Waals surface area contributed by atoms with Crippen molar-refractivity contribution in [2.45, 2.75) is 12.5 Å². The third-order valence-electron chi connectivity index (χ3n) is 3.41. The van der Waals surface area contributed by atoms with E-state index in [1.807, 2.05) is 24.3 Å². The second-order valence-corrected chi connectivity index (χ2v) is 5.42. The summed E-state index contributed by atoms with van der Waals surface area (Å²) in [5, 5.41) is 6.20. The van der Waals surface area contributed by atoms with Gasteiger partial charge in [0, 0.05) is 13.1 Å². The van der Waals surface area contributed by atoms with Crippen molar-refractivity contribution >= 4 is 34.8 Å². The lowest BCUT2D eigenvalue weighted by Gasteiger charge is -2.25. The Hall–Kier alpha value is -1.69. The lowest BCUT2D eigenvalue weighted by atomic mass is 9.90. The van der Waals surface area contributed by atoms with Crippen LogP contribution in [0.1, 0.15) is 17.0 Å². The van der Waals surface area contributed by atoms with Crippen molar-refractivity contribution in [3.8, 4) is 0 Å². The standard InChI is InChI=1S/C14H12Cl2N4O/c15-12-11(13(16)19-7-18-12)20-14(21)10-6-17-5-8-3-1-2-4-9(8)10/h1-4,7,10,17H,5-6H2,(H,20,21). The lowest BCUT2D eigenvalue weighted by molar-refractivity contribution is -0.117. The van der Waals surface area contributed by atoms with Gasteiger partial charge in [0.05, 0.1) is 5.92 Å². The quantitative estimate of drug-likeness (QED) is 0.834. The number of carbonyl (C=O) groups excluding carboxylic acids is 1. The molecule has 0 aliphatic carbocycles. The fourth-order valence-corrected chi connectivity index (χ4v) is 2.80. The number of carbonyl (C=O) groups is 1. The number of aromatic nitrogens is 2. The number of fused-ring (bicyclic) bond motifs is 1. The summed E-state index contributed by atoms with van der Waals surface area (Å²) in [4.78, 5) is 20.2. The molecule has 0 bridgehead atoms. The van der Waals surface area contributed by atoms with E-state index in [1.54, 1.807) is 0 Å². The van der Waals surface area contributed by atoms with Gasteiger partial charge in [0.1, 0.15) is 12.0 Å². The summed E-state index contributed by atoms with van der Waals surface area (Å²) in [6.45, 7) is 1.32. The Balaban J connectivity index is 1.87. The number of hydrogen-bond donors (Lipinski definition) is 2. The summed E-state index contributed by atoms with van der Waals surface area (Å²) >= 11 is 11.9. The zero-order chi connectivity index (χ0) is 14.8. The van der Waals surface area contributed by atoms with Crippen LogP contribution in [0.5, 0.6) is 0 Å². The molecule has 2 N–H and O–H groups in total. The molecule has 5 nitrogen and oxygen atoms in total. The van der Waals surface area contributed by atoms with Gasteiger partial charge in [-0.3, -0.25) is 4.79 Å². The highest BCUT2D eigenvalue weighted by molar-refractivity contribution is 6.38. The number of benzene rings is 1. The number of nitrogens with zero attached hydrogens (tertiary/aromatic N) is 2. The van der Waals surface area contributed by atoms with Crippen LogP contribution in [-0.4, -0.2) is 22.4 Å². The first-order valence-electron chi connectivity index (χ1n) is 6.42. The summed E-state index contributed by atoms with van der Waals surface area (Å²) in [6.07, 6.45) is 1.25. The molecule has 0 radical (unpaired) electrons. The zero-order valence-corrected chi connectivity index (χ0v) is 12.4. The van der Waals surface area contributed by atoms with Crippen molar-refractivity contribution in [2.75, 3.05) is 11.9 Å². The molecular weight excluding hydrogens is 311 g/mol. The van der Waals surface area contributed by atoms with Crippen LogP contribution < -0.4 is 10.6 Å². The Labute approximate surface area is 131 Å². The van der Waals surface area contributed by atoms with E-state index in [1.165, 1.54) is 6.33 Å². The molecule has 0 saturated carbocycles. The molecule has 1 aliphatic rings. The molecule has 1 aliphatic heterocycles. The fourth-order valence-electron chi connectivity index (χ4n) is 2.39. The minimum absolute atomic E-state index is 0.125. The smallest absolute Gasteiger partial charge is 0.233 e. The molecule has 1 aromatic heterocycles. The van der Waals surface area contributed by atoms with Crippen molar-refractivity contribution in [2.24, 2.45) is 0 Å². The monoisotopic (exact) mass is 322 g/mol. The summed E-state index contributed by atoms with van der Waals surface area (Å²) in [6, 6.07) is 7.86. The van der Waals surface area contributed by atoms with Crippen LogP contribution in [-0.2, 0) is 11.3 Å². The highest BCUT2D eigenvalue weighted by Crippen LogP contribution is 2.29. The van der Waals surface area contributed by atoms with Gasteiger partial charge < -0.3 is 10.6 Å². The van der Waals surface area contributed by atoms with Crippen LogP contribution in [0.3, 0.4) is 0 Å². The number of halogens is 2. The van der Waals surface area contributed by atoms with E-state index < -0.39 is 0 Å². The van der Waals surface area contributed by atoms with E-state index >= 15 is 0 Å². The number of anilines is 1. The Bertz CT molecular complexity index is 672. The first-order valence-corrected chi connectivity index (χ1v) is 7.18. The van der Waals surface area contributed by atoms with Gasteiger partial charge in [0.25, 0.3) is 0 Å². The molecular formula is C14H12Cl2N4O. The number of amides is 1. The van der Waals surface area contributed by atoms with Crippen LogP contribution in [0, 0.1) is 0 Å². The van der Waals surface area contributed by atoms with Crippen molar-refractivity contribution in [1.82, 2.24) is 15.3 Å². The highest BCUT2D eigenvalue weighted by atomic mass is 35.5. The molecule has 2 aromatic rings. The van der Waals surface area contributed by atoms with Gasteiger partial charge in [0.2, 0.25) is 5.91 Å². The molecule has 0 spiro atoms. The van der Waals surface area contributed by atoms with Gasteiger partial charge in [0.15, 0.2) is 10.3 Å². The number of hydrogen-bond acceptors (Lipinski definition) is 4. The minimum Gasteiger partial charge on any atom is -0.320 e. The summed E-state index contributed by atoms with van der Waals surface area (Å²) in [5.74, 6) is -0.490. The van der Waals surface area contributed by atoms with Crippen LogP contribution in [0.15, 0.2) is 30.6 Å². The molecule has 0 saturated heterocycles. The maximum Gasteiger partial charge on any atom is 0.233 e. The second-order valence-electron chi connectivity index (χ2n) is 4.70. The SMILES string of the molecule is O=C(Nc1c(Cl)ncnc1Cl)C1CNCc2ccccc21. The van der Waals surface area contributed by atoms with E-state index in [9.17, 15) is 4.79 Å². The highest BCUT2D eigenvalue weighted by Gasteiger charge is 2.27. The first kappa shape index (κ1) is 14.3. The van der Waals surface area contributed by atoms with Crippen LogP contribution >= 0.6 is 23.2 Å². The zero-order valence-electron chi connectivity index (χ0n) is 10.9. The average molecular weight is 323 g/mol. The van der Waals surface area contributed by atoms with Gasteiger partial charge in [-0.2, -0.15) is 0 Å². The van der Waals surface area contributed by atoms with Crippen molar-refractivity contribution in [3.63, 3.8) is 0 Å². The largest absolute Gasteiger partial charge is 0.320 e. The number of nitrogens with one attached hydrogen (secondary N) is 2. The number of rotatable bonds is 2. The predicted octanol–water partition coefficient (Wildman–Crippen LogP) is 2.61. The molecule has 21 heavy (non-hydrogen) atoms.